The van der Waals surface area contributed by atoms with Crippen molar-refractivity contribution in [1.29, 1.82) is 0 Å². The second-order valence-corrected chi connectivity index (χ2v) is 10.5. The van der Waals surface area contributed by atoms with Crippen LogP contribution in [0.5, 0.6) is 0 Å². The molecule has 2 saturated heterocycles. The highest BCUT2D eigenvalue weighted by Crippen LogP contribution is 2.29. The van der Waals surface area contributed by atoms with E-state index in [1.54, 1.807) is 12.1 Å². The molecule has 0 bridgehead atoms. The number of nitrogens with one attached hydrogen (secondary N) is 1. The molecule has 1 unspecified atom stereocenters. The van der Waals surface area contributed by atoms with Crippen molar-refractivity contribution in [2.75, 3.05) is 29.9 Å². The van der Waals surface area contributed by atoms with Gasteiger partial charge in [0.15, 0.2) is 0 Å². The zero-order chi connectivity index (χ0) is 23.8. The number of benzene rings is 2. The number of hydrogen-bond acceptors (Lipinski definition) is 4. The lowest BCUT2D eigenvalue weighted by Crippen LogP contribution is -2.37. The monoisotopic (exact) mass is 477 g/mol. The predicted molar refractivity (Wildman–Crippen MR) is 119 cm³/mol. The van der Waals surface area contributed by atoms with Gasteiger partial charge in [-0.1, -0.05) is 6.92 Å². The van der Waals surface area contributed by atoms with Crippen molar-refractivity contribution < 1.29 is 26.8 Å². The zero-order valence-corrected chi connectivity index (χ0v) is 18.9. The average Bonchev–Trinajstić information content (AvgIpc) is 3.18. The molecular weight excluding hydrogens is 452 g/mol. The molecule has 4 rings (SSSR count). The molecule has 0 aliphatic carbocycles. The second-order valence-electron chi connectivity index (χ2n) is 8.60. The van der Waals surface area contributed by atoms with Gasteiger partial charge in [-0.05, 0) is 55.2 Å². The third kappa shape index (κ3) is 4.91. The summed E-state index contributed by atoms with van der Waals surface area (Å²) in [5.41, 5.74) is 0.323. The summed E-state index contributed by atoms with van der Waals surface area (Å²) in [5, 5.41) is 2.40. The summed E-state index contributed by atoms with van der Waals surface area (Å²) in [6.45, 7) is 3.15. The Hall–Kier alpha value is -2.85. The van der Waals surface area contributed by atoms with Gasteiger partial charge in [0.2, 0.25) is 21.8 Å². The first-order valence-electron chi connectivity index (χ1n) is 10.8. The molecule has 0 radical (unpaired) electrons. The SMILES string of the molecule is CC1CCN(S(=O)(=O)c2ccc(N3CC(C(=O)Nc4ccc(F)cc4F)CC3=O)cc2)CC1. The Bertz CT molecular complexity index is 1160. The summed E-state index contributed by atoms with van der Waals surface area (Å²) in [5.74, 6) is -2.71. The van der Waals surface area contributed by atoms with Crippen LogP contribution < -0.4 is 10.2 Å². The third-order valence-corrected chi connectivity index (χ3v) is 8.13. The number of halogens is 2. The third-order valence-electron chi connectivity index (χ3n) is 6.21. The van der Waals surface area contributed by atoms with E-state index in [2.05, 4.69) is 12.2 Å². The van der Waals surface area contributed by atoms with E-state index >= 15 is 0 Å². The van der Waals surface area contributed by atoms with E-state index in [1.807, 2.05) is 0 Å². The summed E-state index contributed by atoms with van der Waals surface area (Å²) in [7, 11) is -3.60. The van der Waals surface area contributed by atoms with Crippen LogP contribution in [0.4, 0.5) is 20.2 Å². The first-order chi connectivity index (χ1) is 15.6. The van der Waals surface area contributed by atoms with Gasteiger partial charge in [-0.25, -0.2) is 17.2 Å². The summed E-state index contributed by atoms with van der Waals surface area (Å²) in [4.78, 5) is 26.6. The van der Waals surface area contributed by atoms with Crippen LogP contribution >= 0.6 is 0 Å². The van der Waals surface area contributed by atoms with E-state index in [0.717, 1.165) is 25.0 Å². The quantitative estimate of drug-likeness (QED) is 0.715. The van der Waals surface area contributed by atoms with Crippen LogP contribution in [0.3, 0.4) is 0 Å². The molecule has 2 fully saturated rings. The topological polar surface area (TPSA) is 86.8 Å². The van der Waals surface area contributed by atoms with Crippen LogP contribution in [0.15, 0.2) is 47.4 Å². The number of carbonyl (C=O) groups is 2. The summed E-state index contributed by atoms with van der Waals surface area (Å²) >= 11 is 0. The molecule has 2 amide bonds. The highest BCUT2D eigenvalue weighted by molar-refractivity contribution is 7.89. The van der Waals surface area contributed by atoms with Crippen molar-refractivity contribution in [2.24, 2.45) is 11.8 Å². The van der Waals surface area contributed by atoms with E-state index in [1.165, 1.54) is 21.3 Å². The maximum Gasteiger partial charge on any atom is 0.243 e. The molecule has 0 saturated carbocycles. The minimum atomic E-state index is -3.60. The molecule has 2 aliphatic rings. The van der Waals surface area contributed by atoms with E-state index < -0.39 is 33.5 Å². The van der Waals surface area contributed by atoms with Gasteiger partial charge >= 0.3 is 0 Å². The van der Waals surface area contributed by atoms with Crippen molar-refractivity contribution in [1.82, 2.24) is 4.31 Å². The Morgan fingerprint density at radius 3 is 2.36 bits per heavy atom. The fourth-order valence-corrected chi connectivity index (χ4v) is 5.60. The molecule has 1 atom stereocenters. The van der Waals surface area contributed by atoms with Crippen molar-refractivity contribution >= 4 is 33.2 Å². The number of amides is 2. The minimum Gasteiger partial charge on any atom is -0.323 e. The number of carbonyl (C=O) groups excluding carboxylic acids is 2. The number of rotatable bonds is 5. The van der Waals surface area contributed by atoms with Crippen molar-refractivity contribution in [3.05, 3.63) is 54.1 Å². The summed E-state index contributed by atoms with van der Waals surface area (Å²) in [6.07, 6.45) is 1.58. The van der Waals surface area contributed by atoms with E-state index in [9.17, 15) is 26.8 Å². The molecule has 2 heterocycles. The first-order valence-corrected chi connectivity index (χ1v) is 12.3. The zero-order valence-electron chi connectivity index (χ0n) is 18.1. The molecule has 7 nitrogen and oxygen atoms in total. The Morgan fingerprint density at radius 1 is 1.06 bits per heavy atom. The lowest BCUT2D eigenvalue weighted by Gasteiger charge is -2.29. The standard InChI is InChI=1S/C23H25F2N3O4S/c1-15-8-10-27(11-9-15)33(31,32)19-5-3-18(4-6-19)28-14-16(12-22(28)29)23(30)26-21-7-2-17(24)13-20(21)25/h2-7,13,15-16H,8-12,14H2,1H3,(H,26,30). The Kier molecular flexibility index (Phi) is 6.49. The van der Waals surface area contributed by atoms with E-state index in [4.69, 9.17) is 0 Å². The van der Waals surface area contributed by atoms with Gasteiger partial charge in [0.25, 0.3) is 0 Å². The second kappa shape index (κ2) is 9.18. The van der Waals surface area contributed by atoms with Crippen LogP contribution in [0.2, 0.25) is 0 Å². The average molecular weight is 478 g/mol. The van der Waals surface area contributed by atoms with Crippen LogP contribution in [0, 0.1) is 23.5 Å². The van der Waals surface area contributed by atoms with Gasteiger partial charge < -0.3 is 10.2 Å². The number of hydrogen-bond donors (Lipinski definition) is 1. The van der Waals surface area contributed by atoms with Gasteiger partial charge in [0, 0.05) is 37.8 Å². The van der Waals surface area contributed by atoms with Gasteiger partial charge in [0.05, 0.1) is 16.5 Å². The highest BCUT2D eigenvalue weighted by atomic mass is 32.2. The number of sulfonamides is 1. The molecule has 2 aromatic rings. The van der Waals surface area contributed by atoms with Crippen LogP contribution in [-0.2, 0) is 19.6 Å². The van der Waals surface area contributed by atoms with Gasteiger partial charge in [-0.2, -0.15) is 4.31 Å². The minimum absolute atomic E-state index is 0.0688. The molecule has 2 aliphatic heterocycles. The molecular formula is C23H25F2N3O4S. The Labute approximate surface area is 191 Å². The molecule has 10 heteroatoms. The van der Waals surface area contributed by atoms with Crippen molar-refractivity contribution in [2.45, 2.75) is 31.1 Å². The van der Waals surface area contributed by atoms with Crippen LogP contribution in [0.1, 0.15) is 26.2 Å². The number of nitrogens with zero attached hydrogens (tertiary/aromatic N) is 2. The smallest absolute Gasteiger partial charge is 0.243 e. The Morgan fingerprint density at radius 2 is 1.73 bits per heavy atom. The molecule has 33 heavy (non-hydrogen) atoms. The Balaban J connectivity index is 1.43. The van der Waals surface area contributed by atoms with E-state index in [-0.39, 0.29) is 29.5 Å². The van der Waals surface area contributed by atoms with Crippen LogP contribution in [0.25, 0.3) is 0 Å². The largest absolute Gasteiger partial charge is 0.323 e. The number of anilines is 2. The molecule has 1 N–H and O–H groups in total. The maximum atomic E-state index is 13.8. The molecule has 0 spiro atoms. The van der Waals surface area contributed by atoms with Gasteiger partial charge in [-0.15, -0.1) is 0 Å². The molecule has 0 aromatic heterocycles. The fourth-order valence-electron chi connectivity index (χ4n) is 4.13. The lowest BCUT2D eigenvalue weighted by molar-refractivity contribution is -0.122. The summed E-state index contributed by atoms with van der Waals surface area (Å²) < 4.78 is 54.1. The number of piperidine rings is 1. The lowest BCUT2D eigenvalue weighted by atomic mass is 10.0. The van der Waals surface area contributed by atoms with Crippen LogP contribution in [-0.4, -0.2) is 44.2 Å². The molecule has 176 valence electrons. The van der Waals surface area contributed by atoms with Crippen molar-refractivity contribution in [3.8, 4) is 0 Å². The summed E-state index contributed by atoms with van der Waals surface area (Å²) in [6, 6.07) is 8.87. The maximum absolute atomic E-state index is 13.8. The first kappa shape index (κ1) is 23.3. The normalized spacial score (nSPS) is 20.3. The van der Waals surface area contributed by atoms with Crippen molar-refractivity contribution in [3.63, 3.8) is 0 Å². The molecule has 2 aromatic carbocycles. The van der Waals surface area contributed by atoms with E-state index in [0.29, 0.717) is 30.8 Å². The predicted octanol–water partition coefficient (Wildman–Crippen LogP) is 3.38. The van der Waals surface area contributed by atoms with Gasteiger partial charge in [0.1, 0.15) is 11.6 Å². The highest BCUT2D eigenvalue weighted by Gasteiger charge is 2.36. The fraction of sp³-hybridized carbons (Fsp3) is 0.391. The van der Waals surface area contributed by atoms with Gasteiger partial charge in [-0.3, -0.25) is 9.59 Å².